The van der Waals surface area contributed by atoms with Crippen molar-refractivity contribution in [3.8, 4) is 0 Å². The summed E-state index contributed by atoms with van der Waals surface area (Å²) in [5.74, 6) is -8.66. The van der Waals surface area contributed by atoms with Crippen LogP contribution in [-0.4, -0.2) is 55.1 Å². The number of aliphatic hydroxyl groups excluding tert-OH is 1. The Hall–Kier alpha value is -1.67. The summed E-state index contributed by atoms with van der Waals surface area (Å²) in [4.78, 5) is 32.3. The summed E-state index contributed by atoms with van der Waals surface area (Å²) >= 11 is 0. The van der Waals surface area contributed by atoms with Crippen LogP contribution in [0.25, 0.3) is 0 Å². The second-order valence-corrected chi connectivity index (χ2v) is 3.93. The highest BCUT2D eigenvalue weighted by molar-refractivity contribution is 5.92. The Morgan fingerprint density at radius 2 is 1.41 bits per heavy atom. The summed E-state index contributed by atoms with van der Waals surface area (Å²) in [6.07, 6.45) is -2.73. The number of aliphatic carboxylic acids is 3. The van der Waals surface area contributed by atoms with E-state index >= 15 is 0 Å². The summed E-state index contributed by atoms with van der Waals surface area (Å²) in [5, 5.41) is 45.0. The molecule has 0 aliphatic carbocycles. The number of hydrogen-bond acceptors (Lipinski definition) is 5. The Morgan fingerprint density at radius 1 is 1.00 bits per heavy atom. The van der Waals surface area contributed by atoms with E-state index in [0.717, 1.165) is 0 Å². The fourth-order valence-electron chi connectivity index (χ4n) is 1.59. The van der Waals surface area contributed by atoms with Crippen molar-refractivity contribution in [2.45, 2.75) is 25.6 Å². The van der Waals surface area contributed by atoms with Crippen molar-refractivity contribution in [1.29, 1.82) is 0 Å². The molecule has 17 heavy (non-hydrogen) atoms. The molecule has 0 amide bonds. The van der Waals surface area contributed by atoms with Crippen molar-refractivity contribution >= 4 is 17.9 Å². The first-order valence-electron chi connectivity index (χ1n) is 4.66. The van der Waals surface area contributed by atoms with Gasteiger partial charge in [-0.15, -0.1) is 0 Å². The van der Waals surface area contributed by atoms with Gasteiger partial charge in [-0.05, 0) is 5.92 Å². The molecule has 0 aromatic rings. The zero-order chi connectivity index (χ0) is 14.0. The van der Waals surface area contributed by atoms with Gasteiger partial charge < -0.3 is 25.5 Å². The molecule has 0 heterocycles. The number of rotatable bonds is 6. The van der Waals surface area contributed by atoms with E-state index in [1.54, 1.807) is 0 Å². The van der Waals surface area contributed by atoms with E-state index in [9.17, 15) is 24.6 Å². The van der Waals surface area contributed by atoms with E-state index in [0.29, 0.717) is 0 Å². The maximum absolute atomic E-state index is 10.9. The molecule has 0 aliphatic heterocycles. The van der Waals surface area contributed by atoms with Gasteiger partial charge in [0.15, 0.2) is 6.10 Å². The van der Waals surface area contributed by atoms with Crippen LogP contribution in [0.2, 0.25) is 0 Å². The SMILES string of the molecule is CC(C)C(C(=O)O)[C@](O)(C(=O)O)[C@H](O)C(=O)O. The Kier molecular flexibility index (Phi) is 4.60. The third kappa shape index (κ3) is 2.71. The van der Waals surface area contributed by atoms with Crippen LogP contribution in [0.4, 0.5) is 0 Å². The summed E-state index contributed by atoms with van der Waals surface area (Å²) < 4.78 is 0. The van der Waals surface area contributed by atoms with Crippen molar-refractivity contribution in [2.75, 3.05) is 0 Å². The van der Waals surface area contributed by atoms with Crippen molar-refractivity contribution in [3.05, 3.63) is 0 Å². The van der Waals surface area contributed by atoms with Gasteiger partial charge in [0, 0.05) is 0 Å². The quantitative estimate of drug-likeness (QED) is 0.386. The zero-order valence-corrected chi connectivity index (χ0v) is 9.19. The molecule has 0 saturated heterocycles. The standard InChI is InChI=1S/C9H14O8/c1-3(2)4(6(11)12)9(17,8(15)16)5(10)7(13)14/h3-5,10,17H,1-2H3,(H,11,12)(H,13,14)(H,15,16)/t4?,5-,9-/m1/s1. The molecule has 0 fully saturated rings. The maximum atomic E-state index is 10.9. The highest BCUT2D eigenvalue weighted by Crippen LogP contribution is 2.29. The van der Waals surface area contributed by atoms with Gasteiger partial charge in [-0.2, -0.15) is 0 Å². The second-order valence-electron chi connectivity index (χ2n) is 3.93. The first-order valence-corrected chi connectivity index (χ1v) is 4.66. The predicted molar refractivity (Wildman–Crippen MR) is 52.2 cm³/mol. The summed E-state index contributed by atoms with van der Waals surface area (Å²) in [5.41, 5.74) is -3.29. The van der Waals surface area contributed by atoms with E-state index in [-0.39, 0.29) is 0 Å². The summed E-state index contributed by atoms with van der Waals surface area (Å²) in [6, 6.07) is 0. The fraction of sp³-hybridized carbons (Fsp3) is 0.667. The second kappa shape index (κ2) is 5.11. The van der Waals surface area contributed by atoms with Crippen LogP contribution in [-0.2, 0) is 14.4 Å². The highest BCUT2D eigenvalue weighted by atomic mass is 16.4. The Balaban J connectivity index is 5.69. The minimum absolute atomic E-state index is 0.886. The molecule has 0 aliphatic rings. The van der Waals surface area contributed by atoms with Crippen LogP contribution in [0, 0.1) is 11.8 Å². The third-order valence-corrected chi connectivity index (χ3v) is 2.40. The van der Waals surface area contributed by atoms with Crippen molar-refractivity contribution in [2.24, 2.45) is 11.8 Å². The molecule has 0 radical (unpaired) electrons. The molecule has 8 nitrogen and oxygen atoms in total. The van der Waals surface area contributed by atoms with Gasteiger partial charge in [-0.1, -0.05) is 13.8 Å². The van der Waals surface area contributed by atoms with Crippen molar-refractivity contribution in [3.63, 3.8) is 0 Å². The first-order chi connectivity index (χ1) is 7.56. The molecule has 0 rings (SSSR count). The fourth-order valence-corrected chi connectivity index (χ4v) is 1.59. The molecule has 0 aromatic carbocycles. The molecule has 0 aromatic heterocycles. The Bertz CT molecular complexity index is 336. The lowest BCUT2D eigenvalue weighted by Gasteiger charge is -2.33. The van der Waals surface area contributed by atoms with Gasteiger partial charge in [0.05, 0.1) is 0 Å². The van der Waals surface area contributed by atoms with Gasteiger partial charge in [-0.3, -0.25) is 4.79 Å². The van der Waals surface area contributed by atoms with Crippen LogP contribution in [0.15, 0.2) is 0 Å². The van der Waals surface area contributed by atoms with Gasteiger partial charge >= 0.3 is 17.9 Å². The van der Waals surface area contributed by atoms with Crippen LogP contribution < -0.4 is 0 Å². The van der Waals surface area contributed by atoms with Crippen LogP contribution >= 0.6 is 0 Å². The number of hydrogen-bond donors (Lipinski definition) is 5. The molecule has 5 N–H and O–H groups in total. The molecule has 0 saturated carbocycles. The molecule has 1 unspecified atom stereocenters. The van der Waals surface area contributed by atoms with E-state index < -0.39 is 41.4 Å². The molecular weight excluding hydrogens is 236 g/mol. The van der Waals surface area contributed by atoms with Gasteiger partial charge in [0.1, 0.15) is 5.92 Å². The normalized spacial score (nSPS) is 18.2. The smallest absolute Gasteiger partial charge is 0.340 e. The third-order valence-electron chi connectivity index (χ3n) is 2.40. The maximum Gasteiger partial charge on any atom is 0.340 e. The monoisotopic (exact) mass is 250 g/mol. The summed E-state index contributed by atoms with van der Waals surface area (Å²) in [7, 11) is 0. The highest BCUT2D eigenvalue weighted by Gasteiger charge is 2.57. The predicted octanol–water partition coefficient (Wildman–Crippen LogP) is -1.40. The molecule has 0 spiro atoms. The van der Waals surface area contributed by atoms with Gasteiger partial charge in [-0.25, -0.2) is 9.59 Å². The number of carbonyl (C=O) groups is 3. The minimum Gasteiger partial charge on any atom is -0.481 e. The molecule has 8 heteroatoms. The largest absolute Gasteiger partial charge is 0.481 e. The molecule has 0 bridgehead atoms. The Labute approximate surface area is 96.1 Å². The minimum atomic E-state index is -3.29. The average molecular weight is 250 g/mol. The van der Waals surface area contributed by atoms with Crippen LogP contribution in [0.3, 0.4) is 0 Å². The Morgan fingerprint density at radius 3 is 1.59 bits per heavy atom. The van der Waals surface area contributed by atoms with E-state index in [2.05, 4.69) is 0 Å². The van der Waals surface area contributed by atoms with Gasteiger partial charge in [0.25, 0.3) is 0 Å². The van der Waals surface area contributed by atoms with Crippen LogP contribution in [0.5, 0.6) is 0 Å². The molecule has 98 valence electrons. The summed E-state index contributed by atoms with van der Waals surface area (Å²) in [6.45, 7) is 2.59. The lowest BCUT2D eigenvalue weighted by molar-refractivity contribution is -0.200. The van der Waals surface area contributed by atoms with E-state index in [1.165, 1.54) is 13.8 Å². The van der Waals surface area contributed by atoms with E-state index in [4.69, 9.17) is 15.3 Å². The number of carboxylic acids is 3. The lowest BCUT2D eigenvalue weighted by Crippen LogP contribution is -2.61. The van der Waals surface area contributed by atoms with Gasteiger partial charge in [0.2, 0.25) is 5.60 Å². The zero-order valence-electron chi connectivity index (χ0n) is 9.19. The number of aliphatic hydroxyl groups is 2. The lowest BCUT2D eigenvalue weighted by atomic mass is 9.76. The average Bonchev–Trinajstić information content (AvgIpc) is 2.14. The topological polar surface area (TPSA) is 152 Å². The molecular formula is C9H14O8. The van der Waals surface area contributed by atoms with Crippen molar-refractivity contribution in [1.82, 2.24) is 0 Å². The van der Waals surface area contributed by atoms with E-state index in [1.807, 2.05) is 0 Å². The first kappa shape index (κ1) is 15.3. The number of carboxylic acid groups (broad SMARTS) is 3. The van der Waals surface area contributed by atoms with Crippen molar-refractivity contribution < 1.29 is 39.9 Å². The van der Waals surface area contributed by atoms with Crippen LogP contribution in [0.1, 0.15) is 13.8 Å². The molecule has 3 atom stereocenters.